The molecule has 1 rings (SSSR count). The highest BCUT2D eigenvalue weighted by Crippen LogP contribution is 2.08. The van der Waals surface area contributed by atoms with Gasteiger partial charge in [-0.2, -0.15) is 0 Å². The topological polar surface area (TPSA) is 111 Å². The number of nitrogens with two attached hydrogens (primary N) is 2. The number of rotatable bonds is 6. The molecular weight excluding hydrogens is 232 g/mol. The van der Waals surface area contributed by atoms with Gasteiger partial charge in [0.2, 0.25) is 5.91 Å². The van der Waals surface area contributed by atoms with Gasteiger partial charge in [0.1, 0.15) is 5.82 Å². The number of nitrogens with zero attached hydrogens (tertiary/aromatic N) is 1. The van der Waals surface area contributed by atoms with Crippen LogP contribution in [-0.2, 0) is 11.2 Å². The predicted molar refractivity (Wildman–Crippen MR) is 68.8 cm³/mol. The number of amides is 2. The Kier molecular flexibility index (Phi) is 5.10. The fourth-order valence-electron chi connectivity index (χ4n) is 1.49. The number of pyridine rings is 1. The normalized spacial score (nSPS) is 10.1. The summed E-state index contributed by atoms with van der Waals surface area (Å²) in [6, 6.07) is 3.24. The van der Waals surface area contributed by atoms with Crippen molar-refractivity contribution in [1.82, 2.24) is 10.3 Å². The Morgan fingerprint density at radius 3 is 2.72 bits per heavy atom. The van der Waals surface area contributed by atoms with Crippen LogP contribution in [0.15, 0.2) is 12.1 Å². The molecule has 98 valence electrons. The van der Waals surface area contributed by atoms with Gasteiger partial charge in [-0.15, -0.1) is 0 Å². The number of aromatic nitrogens is 1. The Morgan fingerprint density at radius 2 is 2.11 bits per heavy atom. The lowest BCUT2D eigenvalue weighted by molar-refractivity contribution is -0.118. The minimum Gasteiger partial charge on any atom is -0.384 e. The van der Waals surface area contributed by atoms with Gasteiger partial charge < -0.3 is 16.8 Å². The number of aryl methyl sites for hydroxylation is 1. The second-order valence-electron chi connectivity index (χ2n) is 3.95. The van der Waals surface area contributed by atoms with Crippen LogP contribution >= 0.6 is 0 Å². The minimum atomic E-state index is -0.370. The standard InChI is InChI=1S/C12H18N4O2/c1-2-9-6-8(7-10(13)16-9)12(18)15-5-3-4-11(14)17/h6-7H,2-5H2,1H3,(H2,13,16)(H2,14,17)(H,15,18). The molecule has 1 aromatic heterocycles. The molecule has 0 aliphatic rings. The van der Waals surface area contributed by atoms with E-state index in [0.29, 0.717) is 30.8 Å². The van der Waals surface area contributed by atoms with Crippen LogP contribution in [0, 0.1) is 0 Å². The van der Waals surface area contributed by atoms with Crippen LogP contribution in [0.4, 0.5) is 5.82 Å². The fraction of sp³-hybridized carbons (Fsp3) is 0.417. The first-order valence-electron chi connectivity index (χ1n) is 5.86. The quantitative estimate of drug-likeness (QED) is 0.627. The maximum absolute atomic E-state index is 11.8. The Morgan fingerprint density at radius 1 is 1.39 bits per heavy atom. The van der Waals surface area contributed by atoms with Gasteiger partial charge in [-0.05, 0) is 25.0 Å². The van der Waals surface area contributed by atoms with E-state index in [1.165, 1.54) is 6.07 Å². The molecule has 0 unspecified atom stereocenters. The molecule has 6 nitrogen and oxygen atoms in total. The molecule has 0 saturated heterocycles. The van der Waals surface area contributed by atoms with Crippen molar-refractivity contribution in [3.8, 4) is 0 Å². The van der Waals surface area contributed by atoms with E-state index in [9.17, 15) is 9.59 Å². The molecule has 0 aliphatic carbocycles. The van der Waals surface area contributed by atoms with Crippen molar-refractivity contribution < 1.29 is 9.59 Å². The molecule has 5 N–H and O–H groups in total. The second-order valence-corrected chi connectivity index (χ2v) is 3.95. The molecule has 18 heavy (non-hydrogen) atoms. The van der Waals surface area contributed by atoms with Crippen LogP contribution in [0.3, 0.4) is 0 Å². The first-order valence-corrected chi connectivity index (χ1v) is 5.86. The van der Waals surface area contributed by atoms with Gasteiger partial charge in [-0.1, -0.05) is 6.92 Å². The lowest BCUT2D eigenvalue weighted by Crippen LogP contribution is -2.26. The zero-order chi connectivity index (χ0) is 13.5. The van der Waals surface area contributed by atoms with Crippen molar-refractivity contribution >= 4 is 17.6 Å². The zero-order valence-electron chi connectivity index (χ0n) is 10.4. The Bertz CT molecular complexity index is 446. The molecule has 6 heteroatoms. The van der Waals surface area contributed by atoms with Crippen LogP contribution in [0.1, 0.15) is 35.8 Å². The molecule has 1 aromatic rings. The van der Waals surface area contributed by atoms with Gasteiger partial charge in [0.05, 0.1) is 0 Å². The van der Waals surface area contributed by atoms with Crippen LogP contribution in [-0.4, -0.2) is 23.3 Å². The Labute approximate surface area is 106 Å². The van der Waals surface area contributed by atoms with E-state index in [1.807, 2.05) is 6.92 Å². The SMILES string of the molecule is CCc1cc(C(=O)NCCCC(N)=O)cc(N)n1. The van der Waals surface area contributed by atoms with E-state index in [2.05, 4.69) is 10.3 Å². The Balaban J connectivity index is 2.55. The van der Waals surface area contributed by atoms with Gasteiger partial charge in [0.15, 0.2) is 0 Å². The van der Waals surface area contributed by atoms with E-state index in [1.54, 1.807) is 6.07 Å². The molecule has 1 heterocycles. The summed E-state index contributed by atoms with van der Waals surface area (Å²) in [5.74, 6) is -0.259. The summed E-state index contributed by atoms with van der Waals surface area (Å²) in [6.45, 7) is 2.35. The van der Waals surface area contributed by atoms with Gasteiger partial charge in [0.25, 0.3) is 5.91 Å². The van der Waals surface area contributed by atoms with E-state index >= 15 is 0 Å². The minimum absolute atomic E-state index is 0.219. The highest BCUT2D eigenvalue weighted by atomic mass is 16.2. The Hall–Kier alpha value is -2.11. The molecule has 0 atom stereocenters. The third-order valence-corrected chi connectivity index (χ3v) is 2.41. The first kappa shape index (κ1) is 14.0. The molecule has 0 saturated carbocycles. The number of carbonyl (C=O) groups excluding carboxylic acids is 2. The maximum atomic E-state index is 11.8. The smallest absolute Gasteiger partial charge is 0.251 e. The molecule has 0 spiro atoms. The van der Waals surface area contributed by atoms with Gasteiger partial charge in [0, 0.05) is 24.2 Å². The highest BCUT2D eigenvalue weighted by Gasteiger charge is 2.08. The van der Waals surface area contributed by atoms with E-state index < -0.39 is 0 Å². The maximum Gasteiger partial charge on any atom is 0.251 e. The number of hydrogen-bond donors (Lipinski definition) is 3. The molecule has 0 radical (unpaired) electrons. The van der Waals surface area contributed by atoms with Crippen LogP contribution in [0.5, 0.6) is 0 Å². The molecule has 0 fully saturated rings. The lowest BCUT2D eigenvalue weighted by Gasteiger charge is -2.06. The molecule has 2 amide bonds. The van der Waals surface area contributed by atoms with Crippen LogP contribution in [0.25, 0.3) is 0 Å². The number of primary amides is 1. The number of hydrogen-bond acceptors (Lipinski definition) is 4. The summed E-state index contributed by atoms with van der Waals surface area (Å²) in [4.78, 5) is 26.4. The summed E-state index contributed by atoms with van der Waals surface area (Å²) >= 11 is 0. The third-order valence-electron chi connectivity index (χ3n) is 2.41. The number of anilines is 1. The van der Waals surface area contributed by atoms with Crippen molar-refractivity contribution in [2.24, 2.45) is 5.73 Å². The monoisotopic (exact) mass is 250 g/mol. The number of nitrogen functional groups attached to an aromatic ring is 1. The summed E-state index contributed by atoms with van der Waals surface area (Å²) in [5.41, 5.74) is 11.9. The largest absolute Gasteiger partial charge is 0.384 e. The average Bonchev–Trinajstić information content (AvgIpc) is 2.33. The zero-order valence-corrected chi connectivity index (χ0v) is 10.4. The second kappa shape index (κ2) is 6.58. The summed E-state index contributed by atoms with van der Waals surface area (Å²) in [7, 11) is 0. The van der Waals surface area contributed by atoms with Crippen molar-refractivity contribution in [2.75, 3.05) is 12.3 Å². The third kappa shape index (κ3) is 4.40. The number of nitrogens with one attached hydrogen (secondary N) is 1. The molecular formula is C12H18N4O2. The summed E-state index contributed by atoms with van der Waals surface area (Å²) < 4.78 is 0. The van der Waals surface area contributed by atoms with E-state index in [4.69, 9.17) is 11.5 Å². The van der Waals surface area contributed by atoms with Crippen molar-refractivity contribution in [3.05, 3.63) is 23.4 Å². The summed E-state index contributed by atoms with van der Waals surface area (Å²) in [6.07, 6.45) is 1.51. The van der Waals surface area contributed by atoms with Crippen molar-refractivity contribution in [3.63, 3.8) is 0 Å². The fourth-order valence-corrected chi connectivity index (χ4v) is 1.49. The van der Waals surface area contributed by atoms with Crippen LogP contribution in [0.2, 0.25) is 0 Å². The summed E-state index contributed by atoms with van der Waals surface area (Å²) in [5, 5.41) is 2.70. The average molecular weight is 250 g/mol. The van der Waals surface area contributed by atoms with E-state index in [-0.39, 0.29) is 18.2 Å². The molecule has 0 aliphatic heterocycles. The van der Waals surface area contributed by atoms with Crippen molar-refractivity contribution in [1.29, 1.82) is 0 Å². The highest BCUT2D eigenvalue weighted by molar-refractivity contribution is 5.94. The van der Waals surface area contributed by atoms with Gasteiger partial charge >= 0.3 is 0 Å². The lowest BCUT2D eigenvalue weighted by atomic mass is 10.2. The van der Waals surface area contributed by atoms with E-state index in [0.717, 1.165) is 5.69 Å². The molecule has 0 bridgehead atoms. The van der Waals surface area contributed by atoms with Gasteiger partial charge in [-0.25, -0.2) is 4.98 Å². The number of carbonyl (C=O) groups is 2. The predicted octanol–water partition coefficient (Wildman–Crippen LogP) is 0.222. The molecule has 0 aromatic carbocycles. The van der Waals surface area contributed by atoms with Crippen molar-refractivity contribution in [2.45, 2.75) is 26.2 Å². The van der Waals surface area contributed by atoms with Gasteiger partial charge in [-0.3, -0.25) is 9.59 Å². The van der Waals surface area contributed by atoms with Crippen LogP contribution < -0.4 is 16.8 Å². The first-order chi connectivity index (χ1) is 8.52.